The zero-order chi connectivity index (χ0) is 14.5. The monoisotopic (exact) mass is 347 g/mol. The zero-order valence-electron chi connectivity index (χ0n) is 11.6. The van der Waals surface area contributed by atoms with Gasteiger partial charge in [0.05, 0.1) is 0 Å². The second-order valence-electron chi connectivity index (χ2n) is 4.99. The van der Waals surface area contributed by atoms with Gasteiger partial charge in [-0.25, -0.2) is 0 Å². The number of cyclic esters (lactones) is 1. The molecule has 1 N–H and O–H groups in total. The Morgan fingerprint density at radius 1 is 1.05 bits per heavy atom. The van der Waals surface area contributed by atoms with Gasteiger partial charge in [0.1, 0.15) is 0 Å². The number of ether oxygens (including phenoxy) is 1. The molecule has 0 unspecified atom stereocenters. The van der Waals surface area contributed by atoms with Crippen LogP contribution in [0.4, 0.5) is 4.79 Å². The van der Waals surface area contributed by atoms with Gasteiger partial charge in [0, 0.05) is 0 Å². The van der Waals surface area contributed by atoms with Crippen molar-refractivity contribution in [3.63, 3.8) is 0 Å². The van der Waals surface area contributed by atoms with Gasteiger partial charge in [0.2, 0.25) is 0 Å². The molecule has 21 heavy (non-hydrogen) atoms. The van der Waals surface area contributed by atoms with E-state index in [9.17, 15) is 4.79 Å². The maximum atomic E-state index is 11.7. The van der Waals surface area contributed by atoms with Crippen molar-refractivity contribution < 1.29 is 9.53 Å². The van der Waals surface area contributed by atoms with Crippen molar-refractivity contribution in [2.45, 2.75) is 23.9 Å². The molecular formula is C17H17NO2Se. The van der Waals surface area contributed by atoms with Crippen LogP contribution in [0.3, 0.4) is 0 Å². The molecule has 2 aromatic rings. The normalized spacial score (nSPS) is 21.4. The molecule has 0 spiro atoms. The molecule has 3 rings (SSSR count). The van der Waals surface area contributed by atoms with Crippen LogP contribution in [0, 0.1) is 0 Å². The van der Waals surface area contributed by atoms with Crippen molar-refractivity contribution in [3.8, 4) is 0 Å². The summed E-state index contributed by atoms with van der Waals surface area (Å²) < 4.78 is 6.77. The summed E-state index contributed by atoms with van der Waals surface area (Å²) in [6, 6.07) is 20.6. The van der Waals surface area contributed by atoms with Gasteiger partial charge in [0.15, 0.2) is 0 Å². The Hall–Kier alpha value is -1.77. The third kappa shape index (κ3) is 3.87. The quantitative estimate of drug-likeness (QED) is 0.865. The van der Waals surface area contributed by atoms with E-state index in [-0.39, 0.29) is 18.2 Å². The number of carbonyl (C=O) groups excluding carboxylic acids is 1. The van der Waals surface area contributed by atoms with E-state index >= 15 is 0 Å². The molecule has 1 fully saturated rings. The Morgan fingerprint density at radius 2 is 1.71 bits per heavy atom. The topological polar surface area (TPSA) is 38.3 Å². The fourth-order valence-electron chi connectivity index (χ4n) is 2.41. The second-order valence-corrected chi connectivity index (χ2v) is 7.29. The van der Waals surface area contributed by atoms with Gasteiger partial charge >= 0.3 is 130 Å². The van der Waals surface area contributed by atoms with E-state index in [1.54, 1.807) is 0 Å². The first-order valence-corrected chi connectivity index (χ1v) is 9.08. The zero-order valence-corrected chi connectivity index (χ0v) is 13.3. The molecule has 0 saturated carbocycles. The van der Waals surface area contributed by atoms with Gasteiger partial charge in [0.25, 0.3) is 0 Å². The summed E-state index contributed by atoms with van der Waals surface area (Å²) in [5.41, 5.74) is 1.14. The van der Waals surface area contributed by atoms with Crippen molar-refractivity contribution in [1.29, 1.82) is 0 Å². The second kappa shape index (κ2) is 6.79. The van der Waals surface area contributed by atoms with Crippen LogP contribution in [0.1, 0.15) is 18.0 Å². The van der Waals surface area contributed by atoms with Gasteiger partial charge in [-0.05, 0) is 0 Å². The predicted octanol–water partition coefficient (Wildman–Crippen LogP) is 2.67. The summed E-state index contributed by atoms with van der Waals surface area (Å²) in [4.78, 5) is 11.7. The predicted molar refractivity (Wildman–Crippen MR) is 83.8 cm³/mol. The van der Waals surface area contributed by atoms with Crippen LogP contribution in [0.25, 0.3) is 0 Å². The number of alkyl carbamates (subject to hydrolysis) is 1. The van der Waals surface area contributed by atoms with Gasteiger partial charge in [-0.3, -0.25) is 0 Å². The Kier molecular flexibility index (Phi) is 4.58. The summed E-state index contributed by atoms with van der Waals surface area (Å²) in [7, 11) is 0. The van der Waals surface area contributed by atoms with Crippen LogP contribution >= 0.6 is 0 Å². The SMILES string of the molecule is O=C1N[C@H](c2ccccc2)C[C@@H](C[Se]c2ccccc2)O1. The van der Waals surface area contributed by atoms with E-state index in [1.807, 2.05) is 24.3 Å². The first kappa shape index (κ1) is 14.2. The molecule has 1 aliphatic heterocycles. The Balaban J connectivity index is 1.62. The van der Waals surface area contributed by atoms with Crippen LogP contribution in [0.5, 0.6) is 0 Å². The van der Waals surface area contributed by atoms with Gasteiger partial charge < -0.3 is 0 Å². The van der Waals surface area contributed by atoms with Crippen LogP contribution in [0.15, 0.2) is 60.7 Å². The Morgan fingerprint density at radius 3 is 2.43 bits per heavy atom. The summed E-state index contributed by atoms with van der Waals surface area (Å²) in [5.74, 6) is 0. The molecule has 0 aliphatic carbocycles. The molecule has 4 heteroatoms. The molecule has 2 aromatic carbocycles. The van der Waals surface area contributed by atoms with Crippen molar-refractivity contribution >= 4 is 25.5 Å². The molecule has 2 atom stereocenters. The molecule has 1 amide bonds. The average molecular weight is 346 g/mol. The summed E-state index contributed by atoms with van der Waals surface area (Å²) in [6.45, 7) is 0. The minimum atomic E-state index is -0.302. The molecule has 0 bridgehead atoms. The van der Waals surface area contributed by atoms with Gasteiger partial charge in [-0.1, -0.05) is 0 Å². The van der Waals surface area contributed by atoms with Crippen LogP contribution in [-0.2, 0) is 4.74 Å². The first-order chi connectivity index (χ1) is 10.3. The van der Waals surface area contributed by atoms with E-state index in [2.05, 4.69) is 41.7 Å². The van der Waals surface area contributed by atoms with Crippen LogP contribution in [0.2, 0.25) is 5.32 Å². The molecular weight excluding hydrogens is 329 g/mol. The third-order valence-corrected chi connectivity index (χ3v) is 5.85. The Labute approximate surface area is 130 Å². The number of benzene rings is 2. The van der Waals surface area contributed by atoms with Crippen molar-refractivity contribution in [2.75, 3.05) is 0 Å². The standard InChI is InChI=1S/C17H17NO2Se/c19-17-18-16(13-7-3-1-4-8-13)11-14(20-17)12-21-15-9-5-2-6-10-15/h1-10,14,16H,11-12H2,(H,18,19)/t14-,16-/m0/s1. The minimum absolute atomic E-state index is 0.00385. The van der Waals surface area contributed by atoms with E-state index < -0.39 is 0 Å². The summed E-state index contributed by atoms with van der Waals surface area (Å²) in [6.07, 6.45) is 0.540. The van der Waals surface area contributed by atoms with Crippen molar-refractivity contribution in [1.82, 2.24) is 5.32 Å². The number of rotatable bonds is 4. The van der Waals surface area contributed by atoms with Crippen molar-refractivity contribution in [3.05, 3.63) is 66.2 Å². The third-order valence-electron chi connectivity index (χ3n) is 3.45. The van der Waals surface area contributed by atoms with E-state index in [4.69, 9.17) is 4.74 Å². The molecule has 1 aliphatic rings. The molecule has 3 nitrogen and oxygen atoms in total. The average Bonchev–Trinajstić information content (AvgIpc) is 2.54. The van der Waals surface area contributed by atoms with E-state index in [1.165, 1.54) is 4.46 Å². The molecule has 0 aromatic heterocycles. The van der Waals surface area contributed by atoms with E-state index in [0.717, 1.165) is 17.3 Å². The van der Waals surface area contributed by atoms with Crippen LogP contribution in [-0.4, -0.2) is 27.2 Å². The number of carbonyl (C=O) groups is 1. The van der Waals surface area contributed by atoms with Crippen LogP contribution < -0.4 is 9.78 Å². The molecule has 0 radical (unpaired) electrons. The number of hydrogen-bond acceptors (Lipinski definition) is 2. The number of nitrogens with one attached hydrogen (secondary N) is 1. The van der Waals surface area contributed by atoms with Crippen molar-refractivity contribution in [2.24, 2.45) is 0 Å². The van der Waals surface area contributed by atoms with Gasteiger partial charge in [-0.2, -0.15) is 0 Å². The van der Waals surface area contributed by atoms with E-state index in [0.29, 0.717) is 15.0 Å². The van der Waals surface area contributed by atoms with Gasteiger partial charge in [-0.15, -0.1) is 0 Å². The fourth-order valence-corrected chi connectivity index (χ4v) is 4.37. The number of hydrogen-bond donors (Lipinski definition) is 1. The maximum absolute atomic E-state index is 11.7. The summed E-state index contributed by atoms with van der Waals surface area (Å²) >= 11 is 0.338. The summed E-state index contributed by atoms with van der Waals surface area (Å²) in [5, 5.41) is 3.83. The fraction of sp³-hybridized carbons (Fsp3) is 0.235. The molecule has 1 saturated heterocycles. The first-order valence-electron chi connectivity index (χ1n) is 7.01. The molecule has 1 heterocycles. The number of amides is 1. The Bertz CT molecular complexity index is 588. The molecule has 108 valence electrons.